The molecule has 2 aliphatic rings. The second-order valence-electron chi connectivity index (χ2n) is 7.20. The number of hydrogen-bond donors (Lipinski definition) is 2. The smallest absolute Gasteiger partial charge is 0.243 e. The number of ether oxygens (including phenoxy) is 2. The Morgan fingerprint density at radius 2 is 2.17 bits per heavy atom. The van der Waals surface area contributed by atoms with Gasteiger partial charge < -0.3 is 25.0 Å². The van der Waals surface area contributed by atoms with Crippen LogP contribution < -0.4 is 10.6 Å². The van der Waals surface area contributed by atoms with E-state index in [9.17, 15) is 4.79 Å². The number of anilines is 1. The molecule has 2 aliphatic heterocycles. The molecule has 3 rings (SSSR count). The predicted molar refractivity (Wildman–Crippen MR) is 124 cm³/mol. The number of likely N-dealkylation sites (tertiary alicyclic amines) is 1. The molecule has 0 radical (unpaired) electrons. The molecule has 29 heavy (non-hydrogen) atoms. The van der Waals surface area contributed by atoms with Gasteiger partial charge in [-0.15, -0.1) is 24.0 Å². The third kappa shape index (κ3) is 8.06. The Bertz CT molecular complexity index is 632. The van der Waals surface area contributed by atoms with Gasteiger partial charge in [-0.3, -0.25) is 14.8 Å². The normalized spacial score (nSPS) is 20.7. The lowest BCUT2D eigenvalue weighted by Gasteiger charge is -2.35. The van der Waals surface area contributed by atoms with Crippen molar-refractivity contribution in [3.8, 4) is 0 Å². The number of nitrogens with zero attached hydrogens (tertiary/aromatic N) is 3. The van der Waals surface area contributed by atoms with Crippen LogP contribution in [0.15, 0.2) is 29.5 Å². The number of guanidine groups is 1. The van der Waals surface area contributed by atoms with Crippen LogP contribution in [0, 0.1) is 0 Å². The van der Waals surface area contributed by atoms with Crippen molar-refractivity contribution in [2.45, 2.75) is 44.3 Å². The Kier molecular flexibility index (Phi) is 10.6. The van der Waals surface area contributed by atoms with E-state index in [0.717, 1.165) is 44.9 Å². The number of amides is 1. The summed E-state index contributed by atoms with van der Waals surface area (Å²) in [6.45, 7) is 3.45. The third-order valence-corrected chi connectivity index (χ3v) is 5.10. The zero-order valence-electron chi connectivity index (χ0n) is 17.0. The summed E-state index contributed by atoms with van der Waals surface area (Å²) < 4.78 is 11.8. The number of rotatable bonds is 6. The second-order valence-corrected chi connectivity index (χ2v) is 7.20. The van der Waals surface area contributed by atoms with Gasteiger partial charge in [0, 0.05) is 32.9 Å². The number of nitrogens with one attached hydrogen (secondary N) is 2. The summed E-state index contributed by atoms with van der Waals surface area (Å²) in [5.41, 5.74) is 0.684. The first kappa shape index (κ1) is 23.8. The molecule has 1 unspecified atom stereocenters. The molecule has 1 aromatic heterocycles. The molecule has 1 aromatic rings. The van der Waals surface area contributed by atoms with E-state index in [2.05, 4.69) is 25.5 Å². The van der Waals surface area contributed by atoms with Gasteiger partial charge in [0.1, 0.15) is 0 Å². The molecule has 8 nitrogen and oxygen atoms in total. The summed E-state index contributed by atoms with van der Waals surface area (Å²) in [6, 6.07) is 3.59. The van der Waals surface area contributed by atoms with E-state index in [4.69, 9.17) is 9.47 Å². The summed E-state index contributed by atoms with van der Waals surface area (Å²) in [5.74, 6) is 0.621. The SMILES string of the molecule is CN=C(NCC(=O)Nc1cccnc1)N1CCC(OCC2CCCCO2)CC1.I. The summed E-state index contributed by atoms with van der Waals surface area (Å²) in [5, 5.41) is 5.95. The van der Waals surface area contributed by atoms with E-state index >= 15 is 0 Å². The van der Waals surface area contributed by atoms with Crippen LogP contribution in [0.3, 0.4) is 0 Å². The summed E-state index contributed by atoms with van der Waals surface area (Å²) in [6.07, 6.45) is 9.25. The van der Waals surface area contributed by atoms with Crippen LogP contribution in [0.4, 0.5) is 5.69 Å². The highest BCUT2D eigenvalue weighted by molar-refractivity contribution is 14.0. The van der Waals surface area contributed by atoms with E-state index in [-0.39, 0.29) is 48.6 Å². The van der Waals surface area contributed by atoms with Crippen molar-refractivity contribution in [2.75, 3.05) is 45.2 Å². The molecule has 0 saturated carbocycles. The van der Waals surface area contributed by atoms with Gasteiger partial charge >= 0.3 is 0 Å². The monoisotopic (exact) mass is 517 g/mol. The summed E-state index contributed by atoms with van der Waals surface area (Å²) >= 11 is 0. The van der Waals surface area contributed by atoms with Crippen LogP contribution in [0.2, 0.25) is 0 Å². The van der Waals surface area contributed by atoms with Crippen molar-refractivity contribution in [1.82, 2.24) is 15.2 Å². The maximum absolute atomic E-state index is 12.1. The topological polar surface area (TPSA) is 88.1 Å². The molecule has 2 N–H and O–H groups in total. The van der Waals surface area contributed by atoms with Gasteiger partial charge in [0.15, 0.2) is 5.96 Å². The molecular formula is C20H32IN5O3. The highest BCUT2D eigenvalue weighted by atomic mass is 127. The Hall–Kier alpha value is -1.46. The number of carbonyl (C=O) groups is 1. The van der Waals surface area contributed by atoms with E-state index in [1.165, 1.54) is 12.8 Å². The number of carbonyl (C=O) groups excluding carboxylic acids is 1. The van der Waals surface area contributed by atoms with Gasteiger partial charge in [-0.1, -0.05) is 0 Å². The fourth-order valence-electron chi connectivity index (χ4n) is 3.55. The highest BCUT2D eigenvalue weighted by Gasteiger charge is 2.24. The fourth-order valence-corrected chi connectivity index (χ4v) is 3.55. The maximum atomic E-state index is 12.1. The van der Waals surface area contributed by atoms with Gasteiger partial charge in [-0.05, 0) is 44.2 Å². The van der Waals surface area contributed by atoms with E-state index in [0.29, 0.717) is 12.3 Å². The molecule has 0 aromatic carbocycles. The van der Waals surface area contributed by atoms with Crippen molar-refractivity contribution in [3.05, 3.63) is 24.5 Å². The largest absolute Gasteiger partial charge is 0.376 e. The average molecular weight is 517 g/mol. The molecule has 3 heterocycles. The Morgan fingerprint density at radius 3 is 2.83 bits per heavy atom. The van der Waals surface area contributed by atoms with Crippen LogP contribution in [-0.4, -0.2) is 73.9 Å². The number of aliphatic imine (C=N–C) groups is 1. The Morgan fingerprint density at radius 1 is 1.34 bits per heavy atom. The molecule has 162 valence electrons. The summed E-state index contributed by atoms with van der Waals surface area (Å²) in [4.78, 5) is 22.6. The van der Waals surface area contributed by atoms with E-state index < -0.39 is 0 Å². The van der Waals surface area contributed by atoms with E-state index in [1.807, 2.05) is 6.07 Å². The van der Waals surface area contributed by atoms with Gasteiger partial charge in [0.25, 0.3) is 0 Å². The lowest BCUT2D eigenvalue weighted by Crippen LogP contribution is -2.48. The lowest BCUT2D eigenvalue weighted by atomic mass is 10.1. The van der Waals surface area contributed by atoms with Gasteiger partial charge in [0.2, 0.25) is 5.91 Å². The summed E-state index contributed by atoms with van der Waals surface area (Å²) in [7, 11) is 1.74. The molecule has 0 bridgehead atoms. The van der Waals surface area contributed by atoms with Gasteiger partial charge in [-0.2, -0.15) is 0 Å². The minimum atomic E-state index is -0.125. The first-order valence-electron chi connectivity index (χ1n) is 10.1. The Labute approximate surface area is 189 Å². The fraction of sp³-hybridized carbons (Fsp3) is 0.650. The van der Waals surface area contributed by atoms with Crippen molar-refractivity contribution in [3.63, 3.8) is 0 Å². The van der Waals surface area contributed by atoms with Crippen molar-refractivity contribution >= 4 is 41.5 Å². The van der Waals surface area contributed by atoms with Gasteiger partial charge in [-0.25, -0.2) is 0 Å². The molecule has 2 fully saturated rings. The molecular weight excluding hydrogens is 485 g/mol. The number of pyridine rings is 1. The number of hydrogen-bond acceptors (Lipinski definition) is 5. The molecule has 0 spiro atoms. The van der Waals surface area contributed by atoms with Crippen LogP contribution in [0.25, 0.3) is 0 Å². The standard InChI is InChI=1S/C20H31N5O3.HI/c1-21-20(23-14-19(26)24-16-5-4-9-22-13-16)25-10-7-17(8-11-25)28-15-18-6-2-3-12-27-18;/h4-5,9,13,17-18H,2-3,6-8,10-12,14-15H2,1H3,(H,21,23)(H,24,26);1H. The average Bonchev–Trinajstić information content (AvgIpc) is 2.75. The quantitative estimate of drug-likeness (QED) is 0.342. The molecule has 0 aliphatic carbocycles. The third-order valence-electron chi connectivity index (χ3n) is 5.10. The molecule has 9 heteroatoms. The zero-order valence-corrected chi connectivity index (χ0v) is 19.3. The van der Waals surface area contributed by atoms with Crippen LogP contribution in [0.5, 0.6) is 0 Å². The van der Waals surface area contributed by atoms with Gasteiger partial charge in [0.05, 0.1) is 37.2 Å². The number of aromatic nitrogens is 1. The number of halogens is 1. The first-order valence-corrected chi connectivity index (χ1v) is 10.1. The number of piperidine rings is 1. The minimum Gasteiger partial charge on any atom is -0.376 e. The second kappa shape index (κ2) is 13.0. The van der Waals surface area contributed by atoms with Crippen molar-refractivity contribution < 1.29 is 14.3 Å². The predicted octanol–water partition coefficient (Wildman–Crippen LogP) is 2.26. The maximum Gasteiger partial charge on any atom is 0.243 e. The zero-order chi connectivity index (χ0) is 19.6. The molecule has 1 atom stereocenters. The van der Waals surface area contributed by atoms with Crippen LogP contribution >= 0.6 is 24.0 Å². The molecule has 1 amide bonds. The van der Waals surface area contributed by atoms with Crippen LogP contribution in [-0.2, 0) is 14.3 Å². The lowest BCUT2D eigenvalue weighted by molar-refractivity contribution is -0.115. The van der Waals surface area contributed by atoms with Crippen LogP contribution in [0.1, 0.15) is 32.1 Å². The van der Waals surface area contributed by atoms with Crippen molar-refractivity contribution in [1.29, 1.82) is 0 Å². The minimum absolute atomic E-state index is 0. The highest BCUT2D eigenvalue weighted by Crippen LogP contribution is 2.17. The van der Waals surface area contributed by atoms with E-state index in [1.54, 1.807) is 25.5 Å². The first-order chi connectivity index (χ1) is 13.7. The van der Waals surface area contributed by atoms with Crippen molar-refractivity contribution in [2.24, 2.45) is 4.99 Å². The Balaban J connectivity index is 0.00000300. The molecule has 2 saturated heterocycles.